The number of hydrogen-bond donors (Lipinski definition) is 1. The number of methoxy groups -OCH3 is 1. The molecular formula is C14H12Cl2FNO. The summed E-state index contributed by atoms with van der Waals surface area (Å²) in [4.78, 5) is 0. The molecule has 0 fully saturated rings. The second kappa shape index (κ2) is 6.13. The van der Waals surface area contributed by atoms with Crippen molar-refractivity contribution in [2.75, 3.05) is 12.4 Å². The SMILES string of the molecule is COc1ccc(Cl)c(NCc2cc(Cl)ccc2F)c1. The number of anilines is 1. The molecule has 0 atom stereocenters. The molecule has 0 spiro atoms. The lowest BCUT2D eigenvalue weighted by atomic mass is 10.2. The second-order valence-electron chi connectivity index (χ2n) is 3.94. The predicted molar refractivity (Wildman–Crippen MR) is 76.7 cm³/mol. The van der Waals surface area contributed by atoms with Gasteiger partial charge in [0, 0.05) is 23.2 Å². The van der Waals surface area contributed by atoms with E-state index in [1.54, 1.807) is 31.4 Å². The first-order chi connectivity index (χ1) is 9.10. The lowest BCUT2D eigenvalue weighted by Gasteiger charge is -2.11. The molecule has 0 aliphatic carbocycles. The molecular weight excluding hydrogens is 288 g/mol. The van der Waals surface area contributed by atoms with Crippen molar-refractivity contribution < 1.29 is 9.13 Å². The summed E-state index contributed by atoms with van der Waals surface area (Å²) in [5.74, 6) is 0.370. The van der Waals surface area contributed by atoms with Crippen molar-refractivity contribution in [2.24, 2.45) is 0 Å². The van der Waals surface area contributed by atoms with Gasteiger partial charge in [-0.15, -0.1) is 0 Å². The minimum atomic E-state index is -0.309. The molecule has 0 aliphatic rings. The summed E-state index contributed by atoms with van der Waals surface area (Å²) in [6.45, 7) is 0.291. The zero-order valence-corrected chi connectivity index (χ0v) is 11.7. The molecule has 0 saturated heterocycles. The lowest BCUT2D eigenvalue weighted by Crippen LogP contribution is -2.02. The minimum Gasteiger partial charge on any atom is -0.497 e. The molecule has 5 heteroatoms. The number of hydrogen-bond acceptors (Lipinski definition) is 2. The minimum absolute atomic E-state index is 0.291. The Labute approximate surface area is 121 Å². The molecule has 0 radical (unpaired) electrons. The Bertz CT molecular complexity index is 590. The van der Waals surface area contributed by atoms with Crippen molar-refractivity contribution in [1.29, 1.82) is 0 Å². The van der Waals surface area contributed by atoms with Gasteiger partial charge in [-0.2, -0.15) is 0 Å². The van der Waals surface area contributed by atoms with Crippen LogP contribution in [0.15, 0.2) is 36.4 Å². The van der Waals surface area contributed by atoms with Crippen LogP contribution in [0.1, 0.15) is 5.56 Å². The van der Waals surface area contributed by atoms with Gasteiger partial charge in [-0.1, -0.05) is 23.2 Å². The maximum Gasteiger partial charge on any atom is 0.128 e. The quantitative estimate of drug-likeness (QED) is 0.879. The first-order valence-electron chi connectivity index (χ1n) is 5.61. The Balaban J connectivity index is 2.16. The third-order valence-corrected chi connectivity index (χ3v) is 3.22. The van der Waals surface area contributed by atoms with Crippen molar-refractivity contribution in [3.05, 3.63) is 57.8 Å². The van der Waals surface area contributed by atoms with E-state index in [0.717, 1.165) is 0 Å². The highest BCUT2D eigenvalue weighted by Crippen LogP contribution is 2.27. The Morgan fingerprint density at radius 3 is 2.68 bits per heavy atom. The van der Waals surface area contributed by atoms with Gasteiger partial charge in [0.15, 0.2) is 0 Å². The van der Waals surface area contributed by atoms with Gasteiger partial charge in [0.2, 0.25) is 0 Å². The molecule has 0 aliphatic heterocycles. The van der Waals surface area contributed by atoms with E-state index in [0.29, 0.717) is 33.6 Å². The van der Waals surface area contributed by atoms with Crippen LogP contribution < -0.4 is 10.1 Å². The molecule has 0 heterocycles. The molecule has 2 aromatic rings. The number of ether oxygens (including phenoxy) is 1. The zero-order valence-electron chi connectivity index (χ0n) is 10.2. The van der Waals surface area contributed by atoms with Crippen LogP contribution in [-0.4, -0.2) is 7.11 Å². The fraction of sp³-hybridized carbons (Fsp3) is 0.143. The van der Waals surface area contributed by atoms with Gasteiger partial charge in [0.1, 0.15) is 11.6 Å². The van der Waals surface area contributed by atoms with E-state index in [4.69, 9.17) is 27.9 Å². The Hall–Kier alpha value is -1.45. The molecule has 2 aromatic carbocycles. The molecule has 2 nitrogen and oxygen atoms in total. The Kier molecular flexibility index (Phi) is 4.51. The maximum absolute atomic E-state index is 13.6. The monoisotopic (exact) mass is 299 g/mol. The van der Waals surface area contributed by atoms with Crippen LogP contribution in [-0.2, 0) is 6.54 Å². The third kappa shape index (κ3) is 3.52. The number of benzene rings is 2. The van der Waals surface area contributed by atoms with E-state index in [9.17, 15) is 4.39 Å². The molecule has 19 heavy (non-hydrogen) atoms. The topological polar surface area (TPSA) is 21.3 Å². The van der Waals surface area contributed by atoms with E-state index in [1.165, 1.54) is 12.1 Å². The van der Waals surface area contributed by atoms with Crippen molar-refractivity contribution in [3.63, 3.8) is 0 Å². The van der Waals surface area contributed by atoms with Crippen LogP contribution in [0.25, 0.3) is 0 Å². The summed E-state index contributed by atoms with van der Waals surface area (Å²) < 4.78 is 18.7. The van der Waals surface area contributed by atoms with Crippen molar-refractivity contribution >= 4 is 28.9 Å². The zero-order chi connectivity index (χ0) is 13.8. The number of halogens is 3. The first kappa shape index (κ1) is 14.0. The fourth-order valence-electron chi connectivity index (χ4n) is 1.64. The molecule has 0 saturated carbocycles. The first-order valence-corrected chi connectivity index (χ1v) is 6.37. The van der Waals surface area contributed by atoms with Gasteiger partial charge in [0.05, 0.1) is 17.8 Å². The van der Waals surface area contributed by atoms with Crippen LogP contribution in [0, 0.1) is 5.82 Å². The van der Waals surface area contributed by atoms with Gasteiger partial charge in [-0.3, -0.25) is 0 Å². The normalized spacial score (nSPS) is 10.3. The van der Waals surface area contributed by atoms with E-state index < -0.39 is 0 Å². The molecule has 100 valence electrons. The van der Waals surface area contributed by atoms with Crippen LogP contribution in [0.4, 0.5) is 10.1 Å². The van der Waals surface area contributed by atoms with Gasteiger partial charge < -0.3 is 10.1 Å². The second-order valence-corrected chi connectivity index (χ2v) is 4.78. The van der Waals surface area contributed by atoms with Crippen LogP contribution in [0.2, 0.25) is 10.0 Å². The van der Waals surface area contributed by atoms with Gasteiger partial charge in [-0.05, 0) is 30.3 Å². The van der Waals surface area contributed by atoms with Gasteiger partial charge >= 0.3 is 0 Å². The van der Waals surface area contributed by atoms with E-state index in [-0.39, 0.29) is 5.82 Å². The molecule has 0 amide bonds. The highest BCUT2D eigenvalue weighted by atomic mass is 35.5. The van der Waals surface area contributed by atoms with Gasteiger partial charge in [0.25, 0.3) is 0 Å². The highest BCUT2D eigenvalue weighted by molar-refractivity contribution is 6.33. The van der Waals surface area contributed by atoms with Crippen molar-refractivity contribution in [1.82, 2.24) is 0 Å². The maximum atomic E-state index is 13.6. The summed E-state index contributed by atoms with van der Waals surface area (Å²) >= 11 is 11.9. The molecule has 0 unspecified atom stereocenters. The summed E-state index contributed by atoms with van der Waals surface area (Å²) in [7, 11) is 1.57. The van der Waals surface area contributed by atoms with Crippen LogP contribution in [0.3, 0.4) is 0 Å². The molecule has 1 N–H and O–H groups in total. The Morgan fingerprint density at radius 2 is 1.95 bits per heavy atom. The summed E-state index contributed by atoms with van der Waals surface area (Å²) in [5.41, 5.74) is 1.16. The Morgan fingerprint density at radius 1 is 1.16 bits per heavy atom. The van der Waals surface area contributed by atoms with Crippen molar-refractivity contribution in [3.8, 4) is 5.75 Å². The number of rotatable bonds is 4. The van der Waals surface area contributed by atoms with Crippen molar-refractivity contribution in [2.45, 2.75) is 6.54 Å². The third-order valence-electron chi connectivity index (χ3n) is 2.65. The number of nitrogens with one attached hydrogen (secondary N) is 1. The smallest absolute Gasteiger partial charge is 0.128 e. The molecule has 2 rings (SSSR count). The van der Waals surface area contributed by atoms with Crippen LogP contribution >= 0.6 is 23.2 Å². The summed E-state index contributed by atoms with van der Waals surface area (Å²) in [5, 5.41) is 4.10. The molecule has 0 bridgehead atoms. The summed E-state index contributed by atoms with van der Waals surface area (Å²) in [6, 6.07) is 9.67. The van der Waals surface area contributed by atoms with Crippen LogP contribution in [0.5, 0.6) is 5.75 Å². The highest BCUT2D eigenvalue weighted by Gasteiger charge is 2.06. The van der Waals surface area contributed by atoms with Gasteiger partial charge in [-0.25, -0.2) is 4.39 Å². The fourth-order valence-corrected chi connectivity index (χ4v) is 2.02. The average Bonchev–Trinajstić information content (AvgIpc) is 2.41. The van der Waals surface area contributed by atoms with E-state index in [1.807, 2.05) is 0 Å². The van der Waals surface area contributed by atoms with E-state index >= 15 is 0 Å². The summed E-state index contributed by atoms with van der Waals surface area (Å²) in [6.07, 6.45) is 0. The standard InChI is InChI=1S/C14H12Cl2FNO/c1-19-11-3-4-12(16)14(7-11)18-8-9-6-10(15)2-5-13(9)17/h2-7,18H,8H2,1H3. The largest absolute Gasteiger partial charge is 0.497 e. The van der Waals surface area contributed by atoms with E-state index in [2.05, 4.69) is 5.32 Å². The molecule has 0 aromatic heterocycles. The average molecular weight is 300 g/mol. The lowest BCUT2D eigenvalue weighted by molar-refractivity contribution is 0.415. The predicted octanol–water partition coefficient (Wildman–Crippen LogP) is 4.75.